The van der Waals surface area contributed by atoms with Gasteiger partial charge in [0.2, 0.25) is 5.91 Å². The lowest BCUT2D eigenvalue weighted by atomic mass is 9.95. The number of Topliss-reactive ketones (excluding diaryl/α,β-unsaturated/α-hetero) is 1. The van der Waals surface area contributed by atoms with Crippen molar-refractivity contribution in [3.63, 3.8) is 0 Å². The Labute approximate surface area is 113 Å². The Morgan fingerprint density at radius 2 is 2.05 bits per heavy atom. The number of aryl methyl sites for hydroxylation is 1. The molecule has 1 fully saturated rings. The highest BCUT2D eigenvalue weighted by molar-refractivity contribution is 5.97. The molecule has 1 saturated heterocycles. The molecule has 2 heterocycles. The van der Waals surface area contributed by atoms with Crippen LogP contribution in [0.2, 0.25) is 0 Å². The standard InChI is InChI=1S/C14H21N3O2/c1-15-14(19)11-4-7-17(8-5-11)10-13(18)12-3-6-16(2)9-12/h3,6,9,11H,4-5,7-8,10H2,1-2H3,(H,15,19). The molecular formula is C14H21N3O2. The minimum atomic E-state index is 0.105. The highest BCUT2D eigenvalue weighted by Gasteiger charge is 2.25. The summed E-state index contributed by atoms with van der Waals surface area (Å²) < 4.78 is 1.88. The van der Waals surface area contributed by atoms with Crippen LogP contribution in [0.3, 0.4) is 0 Å². The summed E-state index contributed by atoms with van der Waals surface area (Å²) in [7, 11) is 3.58. The minimum Gasteiger partial charge on any atom is -0.359 e. The number of nitrogens with zero attached hydrogens (tertiary/aromatic N) is 2. The molecule has 0 bridgehead atoms. The number of nitrogens with one attached hydrogen (secondary N) is 1. The van der Waals surface area contributed by atoms with E-state index in [0.29, 0.717) is 6.54 Å². The molecule has 5 nitrogen and oxygen atoms in total. The van der Waals surface area contributed by atoms with Gasteiger partial charge in [-0.25, -0.2) is 0 Å². The number of aromatic nitrogens is 1. The van der Waals surface area contributed by atoms with E-state index in [2.05, 4.69) is 10.2 Å². The third-order valence-electron chi connectivity index (χ3n) is 3.73. The number of likely N-dealkylation sites (tertiary alicyclic amines) is 1. The normalized spacial score (nSPS) is 17.4. The molecule has 104 valence electrons. The molecular weight excluding hydrogens is 242 g/mol. The molecule has 0 saturated carbocycles. The Kier molecular flexibility index (Phi) is 4.37. The molecule has 1 aromatic rings. The number of carbonyl (C=O) groups excluding carboxylic acids is 2. The summed E-state index contributed by atoms with van der Waals surface area (Å²) in [4.78, 5) is 25.7. The topological polar surface area (TPSA) is 54.3 Å². The Bertz CT molecular complexity index is 459. The molecule has 0 atom stereocenters. The van der Waals surface area contributed by atoms with Crippen molar-refractivity contribution in [3.8, 4) is 0 Å². The highest BCUT2D eigenvalue weighted by Crippen LogP contribution is 2.17. The molecule has 1 amide bonds. The van der Waals surface area contributed by atoms with Crippen LogP contribution in [0.4, 0.5) is 0 Å². The van der Waals surface area contributed by atoms with Crippen LogP contribution < -0.4 is 5.32 Å². The Morgan fingerprint density at radius 1 is 1.37 bits per heavy atom. The van der Waals surface area contributed by atoms with E-state index in [0.717, 1.165) is 31.5 Å². The van der Waals surface area contributed by atoms with E-state index < -0.39 is 0 Å². The Hall–Kier alpha value is -1.62. The second-order valence-electron chi connectivity index (χ2n) is 5.15. The van der Waals surface area contributed by atoms with Crippen molar-refractivity contribution in [1.82, 2.24) is 14.8 Å². The molecule has 5 heteroatoms. The fourth-order valence-corrected chi connectivity index (χ4v) is 2.52. The van der Waals surface area contributed by atoms with Gasteiger partial charge < -0.3 is 9.88 Å². The van der Waals surface area contributed by atoms with Gasteiger partial charge in [-0.1, -0.05) is 0 Å². The lowest BCUT2D eigenvalue weighted by molar-refractivity contribution is -0.125. The van der Waals surface area contributed by atoms with Gasteiger partial charge in [-0.3, -0.25) is 14.5 Å². The summed E-state index contributed by atoms with van der Waals surface area (Å²) in [6, 6.07) is 1.85. The second-order valence-corrected chi connectivity index (χ2v) is 5.15. The Morgan fingerprint density at radius 3 is 2.58 bits per heavy atom. The van der Waals surface area contributed by atoms with Crippen molar-refractivity contribution < 1.29 is 9.59 Å². The van der Waals surface area contributed by atoms with E-state index in [1.165, 1.54) is 0 Å². The molecule has 0 unspecified atom stereocenters. The van der Waals surface area contributed by atoms with Crippen LogP contribution in [0.15, 0.2) is 18.5 Å². The number of hydrogen-bond donors (Lipinski definition) is 1. The molecule has 1 aromatic heterocycles. The van der Waals surface area contributed by atoms with E-state index in [4.69, 9.17) is 0 Å². The van der Waals surface area contributed by atoms with Crippen LogP contribution in [0.5, 0.6) is 0 Å². The first-order valence-electron chi connectivity index (χ1n) is 6.69. The van der Waals surface area contributed by atoms with Crippen LogP contribution >= 0.6 is 0 Å². The maximum atomic E-state index is 12.1. The van der Waals surface area contributed by atoms with E-state index in [1.807, 2.05) is 30.1 Å². The SMILES string of the molecule is CNC(=O)C1CCN(CC(=O)c2ccn(C)c2)CC1. The third-order valence-corrected chi connectivity index (χ3v) is 3.73. The zero-order chi connectivity index (χ0) is 13.8. The van der Waals surface area contributed by atoms with Crippen LogP contribution in [0.1, 0.15) is 23.2 Å². The minimum absolute atomic E-state index is 0.105. The monoisotopic (exact) mass is 263 g/mol. The van der Waals surface area contributed by atoms with Crippen LogP contribution in [-0.2, 0) is 11.8 Å². The first-order chi connectivity index (χ1) is 9.10. The molecule has 0 aromatic carbocycles. The average molecular weight is 263 g/mol. The number of carbonyl (C=O) groups is 2. The summed E-state index contributed by atoms with van der Waals surface area (Å²) in [5.41, 5.74) is 0.760. The van der Waals surface area contributed by atoms with Gasteiger partial charge in [0.15, 0.2) is 5.78 Å². The number of piperidine rings is 1. The van der Waals surface area contributed by atoms with Crippen molar-refractivity contribution in [2.45, 2.75) is 12.8 Å². The van der Waals surface area contributed by atoms with Crippen LogP contribution in [-0.4, -0.2) is 47.8 Å². The lowest BCUT2D eigenvalue weighted by Gasteiger charge is -2.30. The van der Waals surface area contributed by atoms with Gasteiger partial charge in [-0.15, -0.1) is 0 Å². The fraction of sp³-hybridized carbons (Fsp3) is 0.571. The van der Waals surface area contributed by atoms with Gasteiger partial charge in [0.25, 0.3) is 0 Å². The number of amides is 1. The summed E-state index contributed by atoms with van der Waals surface area (Å²) in [5, 5.41) is 2.69. The van der Waals surface area contributed by atoms with Gasteiger partial charge in [0.05, 0.1) is 6.54 Å². The van der Waals surface area contributed by atoms with Gasteiger partial charge in [-0.05, 0) is 32.0 Å². The predicted octanol–water partition coefficient (Wildman–Crippen LogP) is 0.666. The quantitative estimate of drug-likeness (QED) is 0.812. The maximum absolute atomic E-state index is 12.1. The van der Waals surface area contributed by atoms with Gasteiger partial charge in [0.1, 0.15) is 0 Å². The third kappa shape index (κ3) is 3.44. The maximum Gasteiger partial charge on any atom is 0.222 e. The number of ketones is 1. The second kappa shape index (κ2) is 6.02. The predicted molar refractivity (Wildman–Crippen MR) is 73.0 cm³/mol. The average Bonchev–Trinajstić information content (AvgIpc) is 2.85. The molecule has 2 rings (SSSR count). The van der Waals surface area contributed by atoms with E-state index in [9.17, 15) is 9.59 Å². The molecule has 0 spiro atoms. The van der Waals surface area contributed by atoms with Crippen molar-refractivity contribution in [2.75, 3.05) is 26.7 Å². The summed E-state index contributed by atoms with van der Waals surface area (Å²) in [5.74, 6) is 0.376. The van der Waals surface area contributed by atoms with Crippen molar-refractivity contribution in [2.24, 2.45) is 13.0 Å². The van der Waals surface area contributed by atoms with Crippen LogP contribution in [0.25, 0.3) is 0 Å². The molecule has 1 aliphatic rings. The largest absolute Gasteiger partial charge is 0.359 e. The molecule has 0 aliphatic carbocycles. The van der Waals surface area contributed by atoms with E-state index in [1.54, 1.807) is 7.05 Å². The van der Waals surface area contributed by atoms with E-state index >= 15 is 0 Å². The zero-order valence-electron chi connectivity index (χ0n) is 11.6. The zero-order valence-corrected chi connectivity index (χ0v) is 11.6. The summed E-state index contributed by atoms with van der Waals surface area (Å²) in [6.45, 7) is 2.08. The molecule has 19 heavy (non-hydrogen) atoms. The first kappa shape index (κ1) is 13.8. The lowest BCUT2D eigenvalue weighted by Crippen LogP contribution is -2.41. The smallest absolute Gasteiger partial charge is 0.222 e. The first-order valence-corrected chi connectivity index (χ1v) is 6.69. The number of rotatable bonds is 4. The summed E-state index contributed by atoms with van der Waals surface area (Å²) >= 11 is 0. The van der Waals surface area contributed by atoms with Crippen LogP contribution in [0, 0.1) is 5.92 Å². The fourth-order valence-electron chi connectivity index (χ4n) is 2.52. The van der Waals surface area contributed by atoms with Crippen molar-refractivity contribution in [3.05, 3.63) is 24.0 Å². The Balaban J connectivity index is 1.82. The van der Waals surface area contributed by atoms with Crippen molar-refractivity contribution >= 4 is 11.7 Å². The molecule has 1 N–H and O–H groups in total. The van der Waals surface area contributed by atoms with Gasteiger partial charge in [-0.2, -0.15) is 0 Å². The van der Waals surface area contributed by atoms with E-state index in [-0.39, 0.29) is 17.6 Å². The summed E-state index contributed by atoms with van der Waals surface area (Å²) in [6.07, 6.45) is 5.40. The molecule has 1 aliphatic heterocycles. The van der Waals surface area contributed by atoms with Gasteiger partial charge in [0, 0.05) is 38.0 Å². The highest BCUT2D eigenvalue weighted by atomic mass is 16.1. The number of hydrogen-bond acceptors (Lipinski definition) is 3. The molecule has 0 radical (unpaired) electrons. The van der Waals surface area contributed by atoms with Gasteiger partial charge >= 0.3 is 0 Å². The van der Waals surface area contributed by atoms with Crippen molar-refractivity contribution in [1.29, 1.82) is 0 Å².